The molecule has 0 spiro atoms. The Labute approximate surface area is 221 Å². The van der Waals surface area contributed by atoms with Crippen molar-refractivity contribution in [1.29, 1.82) is 0 Å². The summed E-state index contributed by atoms with van der Waals surface area (Å²) in [4.78, 5) is 23.3. The first-order valence-corrected chi connectivity index (χ1v) is 13.6. The second-order valence-electron chi connectivity index (χ2n) is 8.32. The van der Waals surface area contributed by atoms with Crippen LogP contribution in [0.15, 0.2) is 96.2 Å². The number of fused-ring (bicyclic) bond motifs is 1. The minimum atomic E-state index is -3.87. The Kier molecular flexibility index (Phi) is 6.87. The third-order valence-corrected chi connectivity index (χ3v) is 8.65. The van der Waals surface area contributed by atoms with Crippen LogP contribution in [0, 0.1) is 11.6 Å². The van der Waals surface area contributed by atoms with Crippen molar-refractivity contribution >= 4 is 48.3 Å². The van der Waals surface area contributed by atoms with Gasteiger partial charge in [-0.2, -0.15) is 0 Å². The molecular weight excluding hydrogens is 530 g/mol. The van der Waals surface area contributed by atoms with E-state index in [1.54, 1.807) is 54.9 Å². The molecule has 5 rings (SSSR count). The Balaban J connectivity index is 1.49. The fraction of sp³-hybridized carbons (Fsp3) is 0.0741. The van der Waals surface area contributed by atoms with Crippen LogP contribution >= 0.6 is 11.3 Å². The van der Waals surface area contributed by atoms with Crippen molar-refractivity contribution in [3.05, 3.63) is 114 Å². The van der Waals surface area contributed by atoms with Gasteiger partial charge in [0.05, 0.1) is 21.8 Å². The molecule has 0 radical (unpaired) electrons. The molecule has 1 amide bonds. The molecule has 0 aliphatic rings. The molecule has 38 heavy (non-hydrogen) atoms. The van der Waals surface area contributed by atoms with E-state index < -0.39 is 27.6 Å². The summed E-state index contributed by atoms with van der Waals surface area (Å²) in [5, 5.41) is 0.166. The molecule has 0 saturated carbocycles. The third kappa shape index (κ3) is 4.98. The van der Waals surface area contributed by atoms with Crippen LogP contribution in [-0.4, -0.2) is 31.3 Å². The van der Waals surface area contributed by atoms with Gasteiger partial charge in [-0.3, -0.25) is 19.0 Å². The van der Waals surface area contributed by atoms with E-state index in [1.165, 1.54) is 36.2 Å². The van der Waals surface area contributed by atoms with Crippen molar-refractivity contribution < 1.29 is 22.0 Å². The van der Waals surface area contributed by atoms with Crippen molar-refractivity contribution in [3.8, 4) is 0 Å². The molecule has 7 nitrogen and oxygen atoms in total. The lowest BCUT2D eigenvalue weighted by molar-refractivity contribution is 0.0985. The van der Waals surface area contributed by atoms with Gasteiger partial charge in [0.25, 0.3) is 15.9 Å². The van der Waals surface area contributed by atoms with Gasteiger partial charge in [-0.05, 0) is 54.1 Å². The van der Waals surface area contributed by atoms with Crippen molar-refractivity contribution in [1.82, 2.24) is 9.97 Å². The van der Waals surface area contributed by atoms with Gasteiger partial charge in [0, 0.05) is 31.1 Å². The number of sulfonamides is 1. The molecule has 0 aliphatic carbocycles. The average molecular weight is 551 g/mol. The number of hydrogen-bond donors (Lipinski definition) is 0. The molecule has 3 aromatic carbocycles. The maximum absolute atomic E-state index is 14.3. The zero-order valence-electron chi connectivity index (χ0n) is 20.0. The number of carbonyl (C=O) groups is 1. The molecule has 0 aliphatic heterocycles. The molecule has 192 valence electrons. The summed E-state index contributed by atoms with van der Waals surface area (Å²) in [6.45, 7) is 0.0629. The molecule has 0 atom stereocenters. The standard InChI is InChI=1S/C27H20F2N4O3S2/c1-32(21-7-3-2-4-8-21)38(35,36)22-11-9-19(10-12-22)26(34)33(17-18-6-5-13-30-16-18)27-31-25-23(29)14-20(28)15-24(25)37-27/h2-16H,17H2,1H3. The van der Waals surface area contributed by atoms with E-state index >= 15 is 0 Å². The maximum atomic E-state index is 14.3. The summed E-state index contributed by atoms with van der Waals surface area (Å²) in [5.41, 5.74) is 1.34. The number of hydrogen-bond acceptors (Lipinski definition) is 6. The van der Waals surface area contributed by atoms with Crippen LogP contribution in [0.4, 0.5) is 19.6 Å². The highest BCUT2D eigenvalue weighted by atomic mass is 32.2. The van der Waals surface area contributed by atoms with Gasteiger partial charge in [-0.1, -0.05) is 35.6 Å². The fourth-order valence-electron chi connectivity index (χ4n) is 3.82. The van der Waals surface area contributed by atoms with Crippen molar-refractivity contribution in [2.45, 2.75) is 11.4 Å². The Bertz CT molecular complexity index is 1710. The van der Waals surface area contributed by atoms with Crippen molar-refractivity contribution in [3.63, 3.8) is 0 Å². The first kappa shape index (κ1) is 25.4. The second-order valence-corrected chi connectivity index (χ2v) is 11.3. The lowest BCUT2D eigenvalue weighted by atomic mass is 10.2. The first-order chi connectivity index (χ1) is 18.2. The second kappa shape index (κ2) is 10.3. The monoisotopic (exact) mass is 550 g/mol. The predicted octanol–water partition coefficient (Wildman–Crippen LogP) is 5.64. The van der Waals surface area contributed by atoms with Gasteiger partial charge in [-0.25, -0.2) is 22.2 Å². The Morgan fingerprint density at radius 3 is 2.39 bits per heavy atom. The summed E-state index contributed by atoms with van der Waals surface area (Å²) in [7, 11) is -2.42. The highest BCUT2D eigenvalue weighted by molar-refractivity contribution is 7.92. The van der Waals surface area contributed by atoms with Crippen LogP contribution in [0.3, 0.4) is 0 Å². The Hall–Kier alpha value is -4.22. The molecule has 0 fully saturated rings. The van der Waals surface area contributed by atoms with Crippen LogP contribution in [0.5, 0.6) is 0 Å². The third-order valence-electron chi connectivity index (χ3n) is 5.82. The minimum absolute atomic E-state index is 0.0109. The number of para-hydroxylation sites is 1. The van der Waals surface area contributed by atoms with Gasteiger partial charge < -0.3 is 0 Å². The quantitative estimate of drug-likeness (QED) is 0.262. The smallest absolute Gasteiger partial charge is 0.264 e. The number of aromatic nitrogens is 2. The molecule has 0 N–H and O–H groups in total. The van der Waals surface area contributed by atoms with Crippen molar-refractivity contribution in [2.75, 3.05) is 16.3 Å². The summed E-state index contributed by atoms with van der Waals surface area (Å²) < 4.78 is 55.8. The largest absolute Gasteiger partial charge is 0.279 e. The topological polar surface area (TPSA) is 83.5 Å². The molecule has 0 bridgehead atoms. The fourth-order valence-corrected chi connectivity index (χ4v) is 6.02. The lowest BCUT2D eigenvalue weighted by Crippen LogP contribution is -2.30. The molecule has 11 heteroatoms. The van der Waals surface area contributed by atoms with Gasteiger partial charge in [0.1, 0.15) is 11.3 Å². The lowest BCUT2D eigenvalue weighted by Gasteiger charge is -2.21. The molecule has 5 aromatic rings. The SMILES string of the molecule is CN(c1ccccc1)S(=O)(=O)c1ccc(C(=O)N(Cc2cccnc2)c2nc3c(F)cc(F)cc3s2)cc1. The molecule has 0 saturated heterocycles. The van der Waals surface area contributed by atoms with Crippen molar-refractivity contribution in [2.24, 2.45) is 0 Å². The first-order valence-electron chi connectivity index (χ1n) is 11.3. The average Bonchev–Trinajstić information content (AvgIpc) is 3.36. The number of halogens is 2. The number of benzene rings is 3. The van der Waals surface area contributed by atoms with E-state index in [-0.39, 0.29) is 32.4 Å². The normalized spacial score (nSPS) is 11.4. The Morgan fingerprint density at radius 1 is 0.974 bits per heavy atom. The molecular formula is C27H20F2N4O3S2. The zero-order chi connectivity index (χ0) is 26.9. The van der Waals surface area contributed by atoms with Crippen LogP contribution in [-0.2, 0) is 16.6 Å². The van der Waals surface area contributed by atoms with E-state index in [1.807, 2.05) is 0 Å². The predicted molar refractivity (Wildman–Crippen MR) is 143 cm³/mol. The van der Waals surface area contributed by atoms with E-state index in [4.69, 9.17) is 0 Å². The summed E-state index contributed by atoms with van der Waals surface area (Å²) >= 11 is 0.976. The van der Waals surface area contributed by atoms with Gasteiger partial charge in [0.2, 0.25) is 0 Å². The molecule has 2 heterocycles. The van der Waals surface area contributed by atoms with Crippen LogP contribution < -0.4 is 9.21 Å². The zero-order valence-corrected chi connectivity index (χ0v) is 21.6. The van der Waals surface area contributed by atoms with E-state index in [0.29, 0.717) is 11.3 Å². The Morgan fingerprint density at radius 2 is 1.71 bits per heavy atom. The summed E-state index contributed by atoms with van der Waals surface area (Å²) in [5.74, 6) is -2.06. The van der Waals surface area contributed by atoms with Crippen LogP contribution in [0.25, 0.3) is 10.2 Å². The number of amides is 1. The van der Waals surface area contributed by atoms with E-state index in [0.717, 1.165) is 27.8 Å². The number of pyridine rings is 1. The summed E-state index contributed by atoms with van der Waals surface area (Å²) in [6, 6.07) is 19.6. The van der Waals surface area contributed by atoms with Gasteiger partial charge >= 0.3 is 0 Å². The molecule has 0 unspecified atom stereocenters. The van der Waals surface area contributed by atoms with E-state index in [9.17, 15) is 22.0 Å². The van der Waals surface area contributed by atoms with Gasteiger partial charge in [-0.15, -0.1) is 0 Å². The van der Waals surface area contributed by atoms with Crippen LogP contribution in [0.1, 0.15) is 15.9 Å². The number of rotatable bonds is 7. The number of anilines is 2. The van der Waals surface area contributed by atoms with E-state index in [2.05, 4.69) is 9.97 Å². The molecule has 2 aromatic heterocycles. The van der Waals surface area contributed by atoms with Gasteiger partial charge in [0.15, 0.2) is 10.9 Å². The summed E-state index contributed by atoms with van der Waals surface area (Å²) in [6.07, 6.45) is 3.18. The maximum Gasteiger partial charge on any atom is 0.264 e. The number of carbonyl (C=O) groups excluding carboxylic acids is 1. The number of thiazole rings is 1. The minimum Gasteiger partial charge on any atom is -0.279 e. The highest BCUT2D eigenvalue weighted by Gasteiger charge is 2.25. The van der Waals surface area contributed by atoms with Crippen LogP contribution in [0.2, 0.25) is 0 Å². The number of nitrogens with zero attached hydrogens (tertiary/aromatic N) is 4. The highest BCUT2D eigenvalue weighted by Crippen LogP contribution is 2.33.